The standard InChI is InChI=1S/C24H26ClN3O2/c25-18-3-1-17(2-4-18)9-12-27-13-14-28(24(29)16-27)19-5-6-20-21-7-10-26-11-8-22(21)30-23(20)15-19/h1-6,15,26H,7-14,16H2. The average molecular weight is 424 g/mol. The van der Waals surface area contributed by atoms with Crippen LogP contribution >= 0.6 is 11.6 Å². The topological polar surface area (TPSA) is 48.7 Å². The van der Waals surface area contributed by atoms with Crippen molar-refractivity contribution in [1.29, 1.82) is 0 Å². The third-order valence-electron chi connectivity index (χ3n) is 6.18. The zero-order valence-corrected chi connectivity index (χ0v) is 17.8. The molecule has 0 atom stereocenters. The van der Waals surface area contributed by atoms with Crippen LogP contribution in [0.1, 0.15) is 16.9 Å². The number of hydrogen-bond donors (Lipinski definition) is 1. The molecule has 0 unspecified atom stereocenters. The van der Waals surface area contributed by atoms with Crippen molar-refractivity contribution in [2.24, 2.45) is 0 Å². The van der Waals surface area contributed by atoms with Gasteiger partial charge in [0.15, 0.2) is 0 Å². The maximum Gasteiger partial charge on any atom is 0.241 e. The van der Waals surface area contributed by atoms with Crippen LogP contribution in [0.5, 0.6) is 0 Å². The molecule has 0 bridgehead atoms. The number of piperazine rings is 1. The second-order valence-electron chi connectivity index (χ2n) is 8.13. The minimum atomic E-state index is 0.147. The molecule has 2 aliphatic heterocycles. The lowest BCUT2D eigenvalue weighted by Crippen LogP contribution is -2.50. The van der Waals surface area contributed by atoms with Gasteiger partial charge >= 0.3 is 0 Å². The SMILES string of the molecule is O=C1CN(CCc2ccc(Cl)cc2)CCN1c1ccc2c3c(oc2c1)CCNCC3. The molecule has 1 aromatic heterocycles. The van der Waals surface area contributed by atoms with Gasteiger partial charge in [-0.05, 0) is 49.2 Å². The van der Waals surface area contributed by atoms with Gasteiger partial charge in [0, 0.05) is 60.3 Å². The number of furan rings is 1. The number of carbonyl (C=O) groups is 1. The van der Waals surface area contributed by atoms with E-state index in [1.807, 2.05) is 23.1 Å². The quantitative estimate of drug-likeness (QED) is 0.695. The molecule has 1 N–H and O–H groups in total. The number of amides is 1. The Kier molecular flexibility index (Phi) is 5.50. The summed E-state index contributed by atoms with van der Waals surface area (Å²) < 4.78 is 6.16. The summed E-state index contributed by atoms with van der Waals surface area (Å²) in [6.07, 6.45) is 2.83. The molecule has 3 heterocycles. The molecule has 0 aliphatic carbocycles. The summed E-state index contributed by atoms with van der Waals surface area (Å²) in [4.78, 5) is 17.0. The zero-order chi connectivity index (χ0) is 20.5. The Bertz CT molecular complexity index is 1060. The predicted octanol–water partition coefficient (Wildman–Crippen LogP) is 3.67. The van der Waals surface area contributed by atoms with Crippen LogP contribution in [0.3, 0.4) is 0 Å². The number of hydrogen-bond acceptors (Lipinski definition) is 4. The van der Waals surface area contributed by atoms with E-state index in [-0.39, 0.29) is 5.91 Å². The molecule has 2 aromatic carbocycles. The minimum Gasteiger partial charge on any atom is -0.461 e. The lowest BCUT2D eigenvalue weighted by Gasteiger charge is -2.34. The molecule has 0 saturated carbocycles. The highest BCUT2D eigenvalue weighted by atomic mass is 35.5. The number of nitrogens with zero attached hydrogens (tertiary/aromatic N) is 2. The van der Waals surface area contributed by atoms with Crippen molar-refractivity contribution in [1.82, 2.24) is 10.2 Å². The summed E-state index contributed by atoms with van der Waals surface area (Å²) in [5.74, 6) is 1.24. The normalized spacial score (nSPS) is 17.9. The Morgan fingerprint density at radius 3 is 2.70 bits per heavy atom. The van der Waals surface area contributed by atoms with Crippen LogP contribution in [0, 0.1) is 0 Å². The number of carbonyl (C=O) groups excluding carboxylic acids is 1. The summed E-state index contributed by atoms with van der Waals surface area (Å²) in [5.41, 5.74) is 4.40. The third-order valence-corrected chi connectivity index (χ3v) is 6.43. The largest absolute Gasteiger partial charge is 0.461 e. The fourth-order valence-corrected chi connectivity index (χ4v) is 4.62. The van der Waals surface area contributed by atoms with Crippen LogP contribution in [0.15, 0.2) is 46.9 Å². The molecule has 156 valence electrons. The molecular formula is C24H26ClN3O2. The Hall–Kier alpha value is -2.34. The average Bonchev–Trinajstić information content (AvgIpc) is 2.93. The Labute approximate surface area is 181 Å². The first-order valence-electron chi connectivity index (χ1n) is 10.7. The maximum absolute atomic E-state index is 12.9. The van der Waals surface area contributed by atoms with Crippen molar-refractivity contribution in [2.75, 3.05) is 44.2 Å². The first kappa shape index (κ1) is 19.6. The highest BCUT2D eigenvalue weighted by molar-refractivity contribution is 6.30. The molecule has 2 aliphatic rings. The van der Waals surface area contributed by atoms with Crippen molar-refractivity contribution in [2.45, 2.75) is 19.3 Å². The molecule has 5 nitrogen and oxygen atoms in total. The van der Waals surface area contributed by atoms with E-state index in [9.17, 15) is 4.79 Å². The van der Waals surface area contributed by atoms with Crippen molar-refractivity contribution in [3.05, 3.63) is 64.4 Å². The Morgan fingerprint density at radius 1 is 1.03 bits per heavy atom. The second kappa shape index (κ2) is 8.42. The van der Waals surface area contributed by atoms with Crippen LogP contribution in [0.4, 0.5) is 5.69 Å². The molecule has 1 saturated heterocycles. The molecule has 0 radical (unpaired) electrons. The monoisotopic (exact) mass is 423 g/mol. The van der Waals surface area contributed by atoms with E-state index in [4.69, 9.17) is 16.0 Å². The highest BCUT2D eigenvalue weighted by Crippen LogP contribution is 2.31. The van der Waals surface area contributed by atoms with Crippen LogP contribution in [0.25, 0.3) is 11.0 Å². The molecule has 0 spiro atoms. The summed E-state index contributed by atoms with van der Waals surface area (Å²) in [5, 5.41) is 5.36. The number of benzene rings is 2. The first-order chi connectivity index (χ1) is 14.7. The van der Waals surface area contributed by atoms with Gasteiger partial charge in [0.05, 0.1) is 6.54 Å². The van der Waals surface area contributed by atoms with Gasteiger partial charge in [0.1, 0.15) is 11.3 Å². The smallest absolute Gasteiger partial charge is 0.241 e. The fourth-order valence-electron chi connectivity index (χ4n) is 4.50. The van der Waals surface area contributed by atoms with E-state index < -0.39 is 0 Å². The Balaban J connectivity index is 1.26. The van der Waals surface area contributed by atoms with Gasteiger partial charge in [-0.1, -0.05) is 23.7 Å². The summed E-state index contributed by atoms with van der Waals surface area (Å²) in [7, 11) is 0. The number of halogens is 1. The number of anilines is 1. The molecule has 6 heteroatoms. The van der Waals surface area contributed by atoms with Crippen LogP contribution in [0.2, 0.25) is 5.02 Å². The van der Waals surface area contributed by atoms with E-state index in [1.54, 1.807) is 0 Å². The number of fused-ring (bicyclic) bond motifs is 3. The van der Waals surface area contributed by atoms with E-state index in [0.717, 1.165) is 67.5 Å². The third kappa shape index (κ3) is 3.97. The van der Waals surface area contributed by atoms with Crippen molar-refractivity contribution in [3.63, 3.8) is 0 Å². The van der Waals surface area contributed by atoms with E-state index >= 15 is 0 Å². The molecule has 3 aromatic rings. The lowest BCUT2D eigenvalue weighted by atomic mass is 10.1. The molecular weight excluding hydrogens is 398 g/mol. The molecule has 1 amide bonds. The van der Waals surface area contributed by atoms with Gasteiger partial charge in [0.2, 0.25) is 5.91 Å². The van der Waals surface area contributed by atoms with Gasteiger partial charge in [-0.15, -0.1) is 0 Å². The fraction of sp³-hybridized carbons (Fsp3) is 0.375. The van der Waals surface area contributed by atoms with Crippen LogP contribution in [-0.2, 0) is 24.1 Å². The summed E-state index contributed by atoms with van der Waals surface area (Å²) in [6, 6.07) is 14.2. The van der Waals surface area contributed by atoms with Crippen molar-refractivity contribution >= 4 is 34.2 Å². The molecule has 30 heavy (non-hydrogen) atoms. The van der Waals surface area contributed by atoms with Gasteiger partial charge in [-0.3, -0.25) is 9.69 Å². The lowest BCUT2D eigenvalue weighted by molar-refractivity contribution is -0.121. The summed E-state index contributed by atoms with van der Waals surface area (Å²) >= 11 is 5.96. The number of nitrogens with one attached hydrogen (secondary N) is 1. The Morgan fingerprint density at radius 2 is 1.87 bits per heavy atom. The van der Waals surface area contributed by atoms with E-state index in [2.05, 4.69) is 34.5 Å². The van der Waals surface area contributed by atoms with Crippen molar-refractivity contribution < 1.29 is 9.21 Å². The van der Waals surface area contributed by atoms with Crippen LogP contribution < -0.4 is 10.2 Å². The van der Waals surface area contributed by atoms with E-state index in [1.165, 1.54) is 16.5 Å². The van der Waals surface area contributed by atoms with Gasteiger partial charge < -0.3 is 14.6 Å². The van der Waals surface area contributed by atoms with Crippen molar-refractivity contribution in [3.8, 4) is 0 Å². The number of rotatable bonds is 4. The van der Waals surface area contributed by atoms with Gasteiger partial charge in [-0.2, -0.15) is 0 Å². The van der Waals surface area contributed by atoms with E-state index in [0.29, 0.717) is 13.1 Å². The maximum atomic E-state index is 12.9. The minimum absolute atomic E-state index is 0.147. The van der Waals surface area contributed by atoms with Crippen LogP contribution in [-0.4, -0.2) is 50.1 Å². The molecule has 1 fully saturated rings. The summed E-state index contributed by atoms with van der Waals surface area (Å²) in [6.45, 7) is 4.84. The predicted molar refractivity (Wildman–Crippen MR) is 120 cm³/mol. The van der Waals surface area contributed by atoms with Gasteiger partial charge in [0.25, 0.3) is 0 Å². The van der Waals surface area contributed by atoms with Gasteiger partial charge in [-0.25, -0.2) is 0 Å². The second-order valence-corrected chi connectivity index (χ2v) is 8.57. The molecule has 5 rings (SSSR count). The zero-order valence-electron chi connectivity index (χ0n) is 17.0. The first-order valence-corrected chi connectivity index (χ1v) is 11.1. The highest BCUT2D eigenvalue weighted by Gasteiger charge is 2.26.